The number of carbonyl (C=O) groups excluding carboxylic acids is 1. The Labute approximate surface area is 163 Å². The van der Waals surface area contributed by atoms with Gasteiger partial charge in [-0.05, 0) is 66.9 Å². The van der Waals surface area contributed by atoms with Crippen LogP contribution >= 0.6 is 11.8 Å². The number of amides is 1. The van der Waals surface area contributed by atoms with E-state index in [1.54, 1.807) is 4.68 Å². The summed E-state index contributed by atoms with van der Waals surface area (Å²) >= 11 is 1.34. The van der Waals surface area contributed by atoms with Crippen molar-refractivity contribution in [2.24, 2.45) is 0 Å². The lowest BCUT2D eigenvalue weighted by molar-refractivity contribution is -0.120. The topological polar surface area (TPSA) is 72.7 Å². The quantitative estimate of drug-likeness (QED) is 0.663. The van der Waals surface area contributed by atoms with Crippen molar-refractivity contribution in [3.05, 3.63) is 64.7 Å². The molecule has 1 heterocycles. The second-order valence-electron chi connectivity index (χ2n) is 6.61. The SMILES string of the molecule is Cc1ccc(CNC(=O)C(C)Sc2nnnn2-c2ccc(C)c(C)c2)cc1. The van der Waals surface area contributed by atoms with Gasteiger partial charge < -0.3 is 5.32 Å². The van der Waals surface area contributed by atoms with Crippen LogP contribution < -0.4 is 5.32 Å². The molecule has 0 aliphatic heterocycles. The van der Waals surface area contributed by atoms with Gasteiger partial charge in [0.2, 0.25) is 11.1 Å². The predicted molar refractivity (Wildman–Crippen MR) is 107 cm³/mol. The van der Waals surface area contributed by atoms with Gasteiger partial charge in [0.25, 0.3) is 0 Å². The number of rotatable bonds is 6. The smallest absolute Gasteiger partial charge is 0.233 e. The molecule has 0 saturated carbocycles. The Morgan fingerprint density at radius 2 is 1.85 bits per heavy atom. The highest BCUT2D eigenvalue weighted by Gasteiger charge is 2.19. The van der Waals surface area contributed by atoms with Crippen LogP contribution in [0.4, 0.5) is 0 Å². The summed E-state index contributed by atoms with van der Waals surface area (Å²) in [4.78, 5) is 12.4. The Balaban J connectivity index is 1.64. The van der Waals surface area contributed by atoms with Crippen molar-refractivity contribution in [2.75, 3.05) is 0 Å². The van der Waals surface area contributed by atoms with Crippen LogP contribution in [0.3, 0.4) is 0 Å². The van der Waals surface area contributed by atoms with E-state index in [0.717, 1.165) is 11.3 Å². The standard InChI is InChI=1S/C20H23N5OS/c1-13-5-8-17(9-6-13)12-21-19(26)16(4)27-20-22-23-24-25(20)18-10-7-14(2)15(3)11-18/h5-11,16H,12H2,1-4H3,(H,21,26). The van der Waals surface area contributed by atoms with Gasteiger partial charge in [-0.2, -0.15) is 4.68 Å². The van der Waals surface area contributed by atoms with Crippen molar-refractivity contribution in [2.45, 2.75) is 44.6 Å². The summed E-state index contributed by atoms with van der Waals surface area (Å²) in [5.41, 5.74) is 5.55. The Morgan fingerprint density at radius 3 is 2.56 bits per heavy atom. The molecule has 1 aromatic heterocycles. The molecule has 27 heavy (non-hydrogen) atoms. The predicted octanol–water partition coefficient (Wildman–Crippen LogP) is 3.38. The monoisotopic (exact) mass is 381 g/mol. The Bertz CT molecular complexity index is 936. The minimum atomic E-state index is -0.313. The number of tetrazole rings is 1. The summed E-state index contributed by atoms with van der Waals surface area (Å²) < 4.78 is 1.67. The van der Waals surface area contributed by atoms with Crippen molar-refractivity contribution >= 4 is 17.7 Å². The van der Waals surface area contributed by atoms with E-state index in [9.17, 15) is 4.79 Å². The molecule has 0 aliphatic carbocycles. The van der Waals surface area contributed by atoms with Gasteiger partial charge in [0.05, 0.1) is 10.9 Å². The number of aromatic nitrogens is 4. The summed E-state index contributed by atoms with van der Waals surface area (Å²) in [5, 5.41) is 15.2. The molecule has 7 heteroatoms. The van der Waals surface area contributed by atoms with Gasteiger partial charge in [-0.15, -0.1) is 5.10 Å². The van der Waals surface area contributed by atoms with E-state index in [4.69, 9.17) is 0 Å². The number of aryl methyl sites for hydroxylation is 3. The largest absolute Gasteiger partial charge is 0.351 e. The molecule has 0 bridgehead atoms. The van der Waals surface area contributed by atoms with E-state index in [0.29, 0.717) is 11.7 Å². The third kappa shape index (κ3) is 4.74. The third-order valence-corrected chi connectivity index (χ3v) is 5.45. The zero-order valence-corrected chi connectivity index (χ0v) is 16.7. The minimum absolute atomic E-state index is 0.0461. The normalized spacial score (nSPS) is 12.0. The lowest BCUT2D eigenvalue weighted by atomic mass is 10.1. The second kappa shape index (κ2) is 8.35. The van der Waals surface area contributed by atoms with E-state index in [-0.39, 0.29) is 11.2 Å². The maximum Gasteiger partial charge on any atom is 0.233 e. The zero-order valence-electron chi connectivity index (χ0n) is 15.9. The summed E-state index contributed by atoms with van der Waals surface area (Å²) in [6.45, 7) is 8.52. The average Bonchev–Trinajstić information content (AvgIpc) is 3.11. The van der Waals surface area contributed by atoms with Gasteiger partial charge in [0, 0.05) is 6.54 Å². The molecule has 140 valence electrons. The highest BCUT2D eigenvalue weighted by molar-refractivity contribution is 8.00. The van der Waals surface area contributed by atoms with Crippen LogP contribution in [-0.2, 0) is 11.3 Å². The molecule has 0 radical (unpaired) electrons. The minimum Gasteiger partial charge on any atom is -0.351 e. The molecule has 0 aliphatic rings. The molecular weight excluding hydrogens is 358 g/mol. The summed E-state index contributed by atoms with van der Waals surface area (Å²) in [5.74, 6) is -0.0461. The van der Waals surface area contributed by atoms with E-state index >= 15 is 0 Å². The molecule has 1 amide bonds. The second-order valence-corrected chi connectivity index (χ2v) is 7.91. The lowest BCUT2D eigenvalue weighted by Crippen LogP contribution is -2.30. The Kier molecular flexibility index (Phi) is 5.91. The molecule has 3 aromatic rings. The number of carbonyl (C=O) groups is 1. The fourth-order valence-corrected chi connectivity index (χ4v) is 3.35. The summed E-state index contributed by atoms with van der Waals surface area (Å²) in [6, 6.07) is 14.2. The molecule has 6 nitrogen and oxygen atoms in total. The van der Waals surface area contributed by atoms with Crippen LogP contribution in [0.1, 0.15) is 29.2 Å². The van der Waals surface area contributed by atoms with Gasteiger partial charge in [-0.25, -0.2) is 0 Å². The van der Waals surface area contributed by atoms with Crippen LogP contribution in [0.5, 0.6) is 0 Å². The summed E-state index contributed by atoms with van der Waals surface area (Å²) in [6.07, 6.45) is 0. The first-order valence-electron chi connectivity index (χ1n) is 8.80. The van der Waals surface area contributed by atoms with Crippen LogP contribution in [0, 0.1) is 20.8 Å². The Morgan fingerprint density at radius 1 is 1.11 bits per heavy atom. The molecule has 2 aromatic carbocycles. The maximum absolute atomic E-state index is 12.4. The van der Waals surface area contributed by atoms with Gasteiger partial charge in [0.1, 0.15) is 0 Å². The molecule has 3 rings (SSSR count). The lowest BCUT2D eigenvalue weighted by Gasteiger charge is -2.12. The van der Waals surface area contributed by atoms with Crippen molar-refractivity contribution in [3.63, 3.8) is 0 Å². The van der Waals surface area contributed by atoms with Gasteiger partial charge in [-0.1, -0.05) is 47.7 Å². The van der Waals surface area contributed by atoms with Crippen LogP contribution in [0.25, 0.3) is 5.69 Å². The van der Waals surface area contributed by atoms with Crippen molar-refractivity contribution in [1.82, 2.24) is 25.5 Å². The fraction of sp³-hybridized carbons (Fsp3) is 0.300. The first-order chi connectivity index (χ1) is 12.9. The van der Waals surface area contributed by atoms with Gasteiger partial charge >= 0.3 is 0 Å². The zero-order chi connectivity index (χ0) is 19.4. The average molecular weight is 382 g/mol. The molecule has 1 atom stereocenters. The first kappa shape index (κ1) is 19.1. The number of nitrogens with zero attached hydrogens (tertiary/aromatic N) is 4. The van der Waals surface area contributed by atoms with Crippen molar-refractivity contribution in [1.29, 1.82) is 0 Å². The molecular formula is C20H23N5OS. The first-order valence-corrected chi connectivity index (χ1v) is 9.68. The number of nitrogens with one attached hydrogen (secondary N) is 1. The fourth-order valence-electron chi connectivity index (χ4n) is 2.52. The highest BCUT2D eigenvalue weighted by Crippen LogP contribution is 2.24. The summed E-state index contributed by atoms with van der Waals surface area (Å²) in [7, 11) is 0. The number of benzene rings is 2. The van der Waals surface area contributed by atoms with Crippen LogP contribution in [-0.4, -0.2) is 31.4 Å². The number of hydrogen-bond acceptors (Lipinski definition) is 5. The number of thioether (sulfide) groups is 1. The van der Waals surface area contributed by atoms with Crippen LogP contribution in [0.2, 0.25) is 0 Å². The molecule has 0 spiro atoms. The molecule has 1 unspecified atom stereocenters. The number of hydrogen-bond donors (Lipinski definition) is 1. The van der Waals surface area contributed by atoms with Crippen molar-refractivity contribution in [3.8, 4) is 5.69 Å². The molecule has 0 saturated heterocycles. The van der Waals surface area contributed by atoms with E-state index < -0.39 is 0 Å². The maximum atomic E-state index is 12.4. The highest BCUT2D eigenvalue weighted by atomic mass is 32.2. The molecule has 1 N–H and O–H groups in total. The van der Waals surface area contributed by atoms with Gasteiger partial charge in [0.15, 0.2) is 0 Å². The van der Waals surface area contributed by atoms with E-state index in [2.05, 4.69) is 34.7 Å². The third-order valence-electron chi connectivity index (χ3n) is 4.41. The van der Waals surface area contributed by atoms with Gasteiger partial charge in [-0.3, -0.25) is 4.79 Å². The van der Waals surface area contributed by atoms with Crippen molar-refractivity contribution < 1.29 is 4.79 Å². The van der Waals surface area contributed by atoms with E-state index in [1.807, 2.05) is 56.3 Å². The molecule has 0 fully saturated rings. The van der Waals surface area contributed by atoms with Crippen LogP contribution in [0.15, 0.2) is 47.6 Å². The Hall–Kier alpha value is -2.67. The van der Waals surface area contributed by atoms with E-state index in [1.165, 1.54) is 28.5 Å².